The zero-order valence-corrected chi connectivity index (χ0v) is 20.9. The second kappa shape index (κ2) is 17.2. The molecule has 34 heavy (non-hydrogen) atoms. The number of aliphatic hydroxyl groups excluding tert-OH is 1. The molecule has 0 bridgehead atoms. The summed E-state index contributed by atoms with van der Waals surface area (Å²) in [4.78, 5) is 24.0. The number of rotatable bonds is 8. The summed E-state index contributed by atoms with van der Waals surface area (Å²) in [6.45, 7) is 5.67. The first-order valence-electron chi connectivity index (χ1n) is 10.3. The molecular formula is C24H36N6O3S. The summed E-state index contributed by atoms with van der Waals surface area (Å²) in [7, 11) is 1.85. The second-order valence-electron chi connectivity index (χ2n) is 7.87. The molecule has 0 unspecified atom stereocenters. The smallest absolute Gasteiger partial charge is 0.211 e. The van der Waals surface area contributed by atoms with Gasteiger partial charge in [-0.1, -0.05) is 20.8 Å². The third kappa shape index (κ3) is 15.5. The fourth-order valence-electron chi connectivity index (χ4n) is 1.97. The van der Waals surface area contributed by atoms with Crippen LogP contribution in [0.3, 0.4) is 0 Å². The predicted molar refractivity (Wildman–Crippen MR) is 142 cm³/mol. The van der Waals surface area contributed by atoms with Gasteiger partial charge in [-0.05, 0) is 53.4 Å². The van der Waals surface area contributed by atoms with Gasteiger partial charge in [0.1, 0.15) is 0 Å². The molecule has 9 N–H and O–H groups in total. The van der Waals surface area contributed by atoms with Crippen LogP contribution >= 0.6 is 11.8 Å². The van der Waals surface area contributed by atoms with Crippen molar-refractivity contribution in [2.45, 2.75) is 32.7 Å². The maximum Gasteiger partial charge on any atom is 0.211 e. The molecule has 0 saturated heterocycles. The number of hydrogen-bond acceptors (Lipinski definition) is 9. The second-order valence-corrected chi connectivity index (χ2v) is 8.73. The van der Waals surface area contributed by atoms with E-state index < -0.39 is 6.17 Å². The van der Waals surface area contributed by atoms with Crippen molar-refractivity contribution in [2.24, 2.45) is 22.6 Å². The van der Waals surface area contributed by atoms with Gasteiger partial charge in [-0.3, -0.25) is 14.6 Å². The van der Waals surface area contributed by atoms with Gasteiger partial charge in [0.15, 0.2) is 6.29 Å². The van der Waals surface area contributed by atoms with Crippen molar-refractivity contribution in [3.05, 3.63) is 77.3 Å². The molecular weight excluding hydrogens is 452 g/mol. The Labute approximate surface area is 205 Å². The van der Waals surface area contributed by atoms with Gasteiger partial charge in [0, 0.05) is 42.0 Å². The monoisotopic (exact) mass is 488 g/mol. The minimum absolute atomic E-state index is 0.238. The van der Waals surface area contributed by atoms with Crippen molar-refractivity contribution < 1.29 is 14.7 Å². The van der Waals surface area contributed by atoms with E-state index in [0.717, 1.165) is 22.7 Å². The number of amides is 1. The fraction of sp³-hybridized carbons (Fsp3) is 0.292. The van der Waals surface area contributed by atoms with E-state index in [1.807, 2.05) is 64.2 Å². The highest BCUT2D eigenvalue weighted by atomic mass is 32.2. The molecule has 0 radical (unpaired) electrons. The van der Waals surface area contributed by atoms with E-state index in [2.05, 4.69) is 15.6 Å². The molecule has 1 aromatic carbocycles. The van der Waals surface area contributed by atoms with Crippen LogP contribution in [0.1, 0.15) is 26.3 Å². The van der Waals surface area contributed by atoms with E-state index in [9.17, 15) is 14.7 Å². The molecule has 2 aromatic rings. The number of aliphatic hydroxyl groups is 1. The van der Waals surface area contributed by atoms with E-state index in [1.165, 1.54) is 17.8 Å². The van der Waals surface area contributed by atoms with Crippen LogP contribution in [-0.2, 0) is 15.3 Å². The number of nitrogens with one attached hydrogen (secondary N) is 2. The van der Waals surface area contributed by atoms with E-state index >= 15 is 0 Å². The molecule has 1 amide bonds. The van der Waals surface area contributed by atoms with Gasteiger partial charge in [-0.2, -0.15) is 0 Å². The molecule has 0 aliphatic carbocycles. The Morgan fingerprint density at radius 2 is 1.65 bits per heavy atom. The molecule has 0 saturated carbocycles. The lowest BCUT2D eigenvalue weighted by atomic mass is 9.93. The largest absolute Gasteiger partial charge is 0.512 e. The number of hydrogen-bond donors (Lipinski definition) is 6. The lowest BCUT2D eigenvalue weighted by Gasteiger charge is -2.17. The Bertz CT molecular complexity index is 895. The van der Waals surface area contributed by atoms with Crippen LogP contribution in [0.4, 0.5) is 11.4 Å². The van der Waals surface area contributed by atoms with Crippen LogP contribution in [0.25, 0.3) is 0 Å². The Balaban J connectivity index is 0.000000486. The van der Waals surface area contributed by atoms with Crippen molar-refractivity contribution in [3.63, 3.8) is 0 Å². The number of aromatic nitrogens is 1. The first kappa shape index (κ1) is 30.7. The van der Waals surface area contributed by atoms with Gasteiger partial charge >= 0.3 is 0 Å². The first-order valence-corrected chi connectivity index (χ1v) is 11.4. The van der Waals surface area contributed by atoms with Gasteiger partial charge < -0.3 is 32.9 Å². The number of anilines is 2. The lowest BCUT2D eigenvalue weighted by molar-refractivity contribution is -0.106. The summed E-state index contributed by atoms with van der Waals surface area (Å²) in [5, 5.41) is 16.4. The number of allylic oxidation sites excluding steroid dienone is 2. The zero-order valence-electron chi connectivity index (χ0n) is 20.1. The summed E-state index contributed by atoms with van der Waals surface area (Å²) in [6, 6.07) is 11.3. The Hall–Kier alpha value is -3.34. The van der Waals surface area contributed by atoms with E-state index in [4.69, 9.17) is 17.2 Å². The topological polar surface area (TPSA) is 169 Å². The molecule has 9 nitrogen and oxygen atoms in total. The molecule has 1 heterocycles. The number of pyridine rings is 1. The van der Waals surface area contributed by atoms with Crippen molar-refractivity contribution in [3.8, 4) is 0 Å². The maximum absolute atomic E-state index is 10.1. The molecule has 2 rings (SSSR count). The van der Waals surface area contributed by atoms with Crippen molar-refractivity contribution in [1.82, 2.24) is 4.98 Å². The molecule has 0 aliphatic rings. The number of thioether (sulfide) groups is 1. The van der Waals surface area contributed by atoms with Crippen LogP contribution in [0.5, 0.6) is 0 Å². The van der Waals surface area contributed by atoms with E-state index in [-0.39, 0.29) is 16.9 Å². The van der Waals surface area contributed by atoms with Crippen LogP contribution in [0, 0.1) is 5.41 Å². The highest BCUT2D eigenvalue weighted by Crippen LogP contribution is 2.21. The van der Waals surface area contributed by atoms with Gasteiger partial charge in [0.25, 0.3) is 0 Å². The maximum atomic E-state index is 10.1. The number of benzene rings is 1. The Morgan fingerprint density at radius 3 is 2.06 bits per heavy atom. The van der Waals surface area contributed by atoms with Gasteiger partial charge in [-0.25, -0.2) is 0 Å². The number of nitrogens with two attached hydrogens (primary N) is 3. The van der Waals surface area contributed by atoms with Gasteiger partial charge in [-0.15, -0.1) is 11.8 Å². The summed E-state index contributed by atoms with van der Waals surface area (Å²) in [5.74, 6) is 1.04. The highest BCUT2D eigenvalue weighted by molar-refractivity contribution is 8.01. The normalized spacial score (nSPS) is 11.4. The Kier molecular flexibility index (Phi) is 15.5. The van der Waals surface area contributed by atoms with Crippen molar-refractivity contribution >= 4 is 35.8 Å². The minimum Gasteiger partial charge on any atom is -0.512 e. The average molecular weight is 489 g/mol. The zero-order chi connectivity index (χ0) is 26.0. The van der Waals surface area contributed by atoms with Crippen LogP contribution < -0.4 is 27.8 Å². The summed E-state index contributed by atoms with van der Waals surface area (Å²) in [5.41, 5.74) is 18.8. The number of carbonyl (C=O) groups excluding carboxylic acids is 2. The number of aldehydes is 1. The molecule has 10 heteroatoms. The van der Waals surface area contributed by atoms with Gasteiger partial charge in [0.2, 0.25) is 6.41 Å². The van der Waals surface area contributed by atoms with Crippen LogP contribution in [-0.4, -0.2) is 36.0 Å². The quantitative estimate of drug-likeness (QED) is 0.141. The summed E-state index contributed by atoms with van der Waals surface area (Å²) >= 11 is 1.49. The summed E-state index contributed by atoms with van der Waals surface area (Å²) in [6.07, 6.45) is 5.65. The standard InChI is InChI=1S/C9H10N2OS.C8H10N2O.C7H16N2O/c10-9(5-12)7-13-6-8-1-3-11-4-2-8;1-9-7-2-4-8(5-3-7)10-6-11;1-7(2,3)5(10)4-6(8)9/h1-5,7H,6,10H2;2-6,9H,1H3,(H,10,11);4,6,10H,8-9H2,1-3H3/b9-7-;;5-4-. The third-order valence-corrected chi connectivity index (χ3v) is 4.81. The SMILES string of the molecule is CC(C)(C)/C(O)=C/C(N)N.CNc1ccc(NC=O)cc1.N/C(C=O)=C\SCc1ccncc1. The number of carbonyl (C=O) groups is 2. The van der Waals surface area contributed by atoms with Crippen molar-refractivity contribution in [1.29, 1.82) is 0 Å². The first-order chi connectivity index (χ1) is 16.0. The molecule has 1 aromatic heterocycles. The highest BCUT2D eigenvalue weighted by Gasteiger charge is 2.15. The third-order valence-electron chi connectivity index (χ3n) is 3.87. The van der Waals surface area contributed by atoms with Gasteiger partial charge in [0.05, 0.1) is 17.6 Å². The summed E-state index contributed by atoms with van der Waals surface area (Å²) < 4.78 is 0. The Morgan fingerprint density at radius 1 is 1.09 bits per heavy atom. The molecule has 0 spiro atoms. The van der Waals surface area contributed by atoms with Crippen LogP contribution in [0.15, 0.2) is 71.7 Å². The van der Waals surface area contributed by atoms with Crippen molar-refractivity contribution in [2.75, 3.05) is 17.7 Å². The van der Waals surface area contributed by atoms with E-state index in [0.29, 0.717) is 12.7 Å². The molecule has 186 valence electrons. The van der Waals surface area contributed by atoms with E-state index in [1.54, 1.807) is 17.8 Å². The lowest BCUT2D eigenvalue weighted by Crippen LogP contribution is -2.29. The molecule has 0 aliphatic heterocycles. The molecule has 0 atom stereocenters. The fourth-order valence-corrected chi connectivity index (χ4v) is 2.69. The predicted octanol–water partition coefficient (Wildman–Crippen LogP) is 3.33. The minimum atomic E-state index is -0.570. The number of nitrogens with zero attached hydrogens (tertiary/aromatic N) is 1. The van der Waals surface area contributed by atoms with Crippen LogP contribution in [0.2, 0.25) is 0 Å². The average Bonchev–Trinajstić information content (AvgIpc) is 2.80. The molecule has 0 fully saturated rings.